The highest BCUT2D eigenvalue weighted by atomic mass is 16.5. The maximum Gasteiger partial charge on any atom is 0.305 e. The number of esters is 1. The van der Waals surface area contributed by atoms with Gasteiger partial charge in [-0.2, -0.15) is 0 Å². The van der Waals surface area contributed by atoms with E-state index in [0.29, 0.717) is 19.4 Å². The van der Waals surface area contributed by atoms with Gasteiger partial charge in [-0.25, -0.2) is 0 Å². The summed E-state index contributed by atoms with van der Waals surface area (Å²) < 4.78 is 5.53. The van der Waals surface area contributed by atoms with Crippen LogP contribution in [0.3, 0.4) is 0 Å². The van der Waals surface area contributed by atoms with Crippen molar-refractivity contribution in [3.05, 3.63) is 24.3 Å². The van der Waals surface area contributed by atoms with Gasteiger partial charge in [0.25, 0.3) is 0 Å². The Morgan fingerprint density at radius 3 is 0.763 bits per heavy atom. The van der Waals surface area contributed by atoms with E-state index in [4.69, 9.17) is 4.74 Å². The number of amides is 1. The zero-order chi connectivity index (χ0) is 67.0. The molecule has 0 radical (unpaired) electrons. The molecule has 0 aromatic heterocycles. The highest BCUT2D eigenvalue weighted by Gasteiger charge is 2.18. The second-order valence-electron chi connectivity index (χ2n) is 29.9. The molecule has 0 fully saturated rings. The topological polar surface area (TPSA) is 95.9 Å². The molecule has 0 spiro atoms. The van der Waals surface area contributed by atoms with Gasteiger partial charge in [0, 0.05) is 12.8 Å². The molecule has 0 aromatic rings. The molecular formula is C87H169NO5. The van der Waals surface area contributed by atoms with Gasteiger partial charge in [0.2, 0.25) is 5.91 Å². The molecule has 2 atom stereocenters. The second kappa shape index (κ2) is 82.8. The third kappa shape index (κ3) is 79.2. The van der Waals surface area contributed by atoms with Crippen LogP contribution in [0.4, 0.5) is 0 Å². The van der Waals surface area contributed by atoms with Crippen molar-refractivity contribution in [2.45, 2.75) is 508 Å². The molecule has 0 aromatic carbocycles. The van der Waals surface area contributed by atoms with Gasteiger partial charge >= 0.3 is 5.97 Å². The normalized spacial score (nSPS) is 12.5. The van der Waals surface area contributed by atoms with E-state index >= 15 is 0 Å². The molecule has 0 bridgehead atoms. The molecule has 0 aliphatic carbocycles. The molecule has 1 amide bonds. The van der Waals surface area contributed by atoms with E-state index in [1.54, 1.807) is 6.08 Å². The smallest absolute Gasteiger partial charge is 0.305 e. The Labute approximate surface area is 583 Å². The van der Waals surface area contributed by atoms with Crippen molar-refractivity contribution in [3.8, 4) is 0 Å². The van der Waals surface area contributed by atoms with Gasteiger partial charge in [-0.1, -0.05) is 449 Å². The summed E-state index contributed by atoms with van der Waals surface area (Å²) in [5, 5.41) is 23.3. The third-order valence-corrected chi connectivity index (χ3v) is 20.5. The summed E-state index contributed by atoms with van der Waals surface area (Å²) in [6, 6.07) is -0.626. The first-order valence-corrected chi connectivity index (χ1v) is 43.1. The predicted molar refractivity (Wildman–Crippen MR) is 412 cm³/mol. The summed E-state index contributed by atoms with van der Waals surface area (Å²) in [6.07, 6.45) is 108. The number of ether oxygens (including phenoxy) is 1. The van der Waals surface area contributed by atoms with Crippen LogP contribution in [0, 0.1) is 0 Å². The van der Waals surface area contributed by atoms with Crippen LogP contribution in [0.1, 0.15) is 495 Å². The summed E-state index contributed by atoms with van der Waals surface area (Å²) in [5.41, 5.74) is 0. The van der Waals surface area contributed by atoms with Gasteiger partial charge in [0.05, 0.1) is 25.4 Å². The molecule has 6 nitrogen and oxygen atoms in total. The van der Waals surface area contributed by atoms with Gasteiger partial charge in [0.1, 0.15) is 0 Å². The minimum atomic E-state index is -0.843. The molecule has 0 aliphatic heterocycles. The van der Waals surface area contributed by atoms with E-state index in [1.807, 2.05) is 6.08 Å². The highest BCUT2D eigenvalue weighted by molar-refractivity contribution is 5.76. The van der Waals surface area contributed by atoms with Crippen molar-refractivity contribution < 1.29 is 24.5 Å². The minimum Gasteiger partial charge on any atom is -0.466 e. The van der Waals surface area contributed by atoms with E-state index in [0.717, 1.165) is 38.5 Å². The van der Waals surface area contributed by atoms with Gasteiger partial charge in [-0.3, -0.25) is 9.59 Å². The number of carbonyl (C=O) groups excluding carboxylic acids is 2. The molecule has 552 valence electrons. The SMILES string of the molecule is CCCCCCCCCCCCCCCCCCCC/C=C/C(O)C(CO)NC(=O)CCCCCCCCCCCCCCCCCCC/C=C\CCCCCCCCCCCCCCCCCCOC(=O)CCCCCCCCCCCCCCCCCCCCC. The maximum absolute atomic E-state index is 12.5. The van der Waals surface area contributed by atoms with Gasteiger partial charge < -0.3 is 20.3 Å². The number of aliphatic hydroxyl groups excluding tert-OH is 2. The quantitative estimate of drug-likeness (QED) is 0.0320. The Bertz CT molecular complexity index is 1460. The van der Waals surface area contributed by atoms with Crippen LogP contribution in [0.25, 0.3) is 0 Å². The Hall–Kier alpha value is -1.66. The van der Waals surface area contributed by atoms with Crippen LogP contribution in [0.2, 0.25) is 0 Å². The van der Waals surface area contributed by atoms with Crippen LogP contribution >= 0.6 is 0 Å². The lowest BCUT2D eigenvalue weighted by Crippen LogP contribution is -2.45. The number of hydrogen-bond acceptors (Lipinski definition) is 5. The summed E-state index contributed by atoms with van der Waals surface area (Å²) >= 11 is 0. The predicted octanol–water partition coefficient (Wildman–Crippen LogP) is 28.8. The lowest BCUT2D eigenvalue weighted by atomic mass is 10.0. The molecule has 0 rings (SSSR count). The largest absolute Gasteiger partial charge is 0.466 e. The summed E-state index contributed by atoms with van der Waals surface area (Å²) in [7, 11) is 0. The molecule has 0 aliphatic rings. The first-order valence-electron chi connectivity index (χ1n) is 43.1. The molecule has 0 saturated heterocycles. The number of unbranched alkanes of at least 4 members (excludes halogenated alkanes) is 69. The minimum absolute atomic E-state index is 0.0273. The van der Waals surface area contributed by atoms with Crippen molar-refractivity contribution in [2.75, 3.05) is 13.2 Å². The number of rotatable bonds is 82. The molecule has 6 heteroatoms. The van der Waals surface area contributed by atoms with Crippen LogP contribution in [-0.4, -0.2) is 47.4 Å². The number of aliphatic hydroxyl groups is 2. The van der Waals surface area contributed by atoms with E-state index in [-0.39, 0.29) is 18.5 Å². The monoisotopic (exact) mass is 1310 g/mol. The lowest BCUT2D eigenvalue weighted by Gasteiger charge is -2.20. The Balaban J connectivity index is 3.33. The van der Waals surface area contributed by atoms with Gasteiger partial charge in [-0.05, 0) is 57.8 Å². The average Bonchev–Trinajstić information content (AvgIpc) is 3.78. The summed E-state index contributed by atoms with van der Waals surface area (Å²) in [4.78, 5) is 24.7. The van der Waals surface area contributed by atoms with Crippen LogP contribution in [0.15, 0.2) is 24.3 Å². The average molecular weight is 1310 g/mol. The fourth-order valence-corrected chi connectivity index (χ4v) is 13.9. The second-order valence-corrected chi connectivity index (χ2v) is 29.9. The van der Waals surface area contributed by atoms with Gasteiger partial charge in [-0.15, -0.1) is 0 Å². The Morgan fingerprint density at radius 2 is 0.505 bits per heavy atom. The van der Waals surface area contributed by atoms with Crippen LogP contribution in [-0.2, 0) is 14.3 Å². The highest BCUT2D eigenvalue weighted by Crippen LogP contribution is 2.21. The third-order valence-electron chi connectivity index (χ3n) is 20.5. The summed E-state index contributed by atoms with van der Waals surface area (Å²) in [6.45, 7) is 4.97. The van der Waals surface area contributed by atoms with E-state index < -0.39 is 12.1 Å². The number of hydrogen-bond donors (Lipinski definition) is 3. The lowest BCUT2D eigenvalue weighted by molar-refractivity contribution is -0.143. The van der Waals surface area contributed by atoms with Crippen LogP contribution in [0.5, 0.6) is 0 Å². The van der Waals surface area contributed by atoms with E-state index in [2.05, 4.69) is 31.3 Å². The van der Waals surface area contributed by atoms with Crippen molar-refractivity contribution in [3.63, 3.8) is 0 Å². The van der Waals surface area contributed by atoms with Crippen LogP contribution < -0.4 is 5.32 Å². The fourth-order valence-electron chi connectivity index (χ4n) is 13.9. The molecule has 0 heterocycles. The van der Waals surface area contributed by atoms with Crippen molar-refractivity contribution >= 4 is 11.9 Å². The standard InChI is InChI=1S/C87H169NO5/c1-3-5-7-9-11-13-15-17-19-21-23-44-47-51-55-59-63-67-71-75-79-85(90)84(83-89)88-86(91)80-76-72-68-64-60-56-52-48-45-41-39-37-35-33-31-29-27-25-24-26-28-30-32-34-36-38-40-42-46-50-54-58-62-66-70-74-78-82-93-87(92)81-77-73-69-65-61-57-53-49-43-22-20-18-16-14-12-10-8-6-4-2/h24,26,75,79,84-85,89-90H,3-23,25,27-74,76-78,80-83H2,1-2H3,(H,88,91)/b26-24-,79-75+. The molecule has 2 unspecified atom stereocenters. The number of carbonyl (C=O) groups is 2. The maximum atomic E-state index is 12.5. The Morgan fingerprint density at radius 1 is 0.290 bits per heavy atom. The zero-order valence-corrected chi connectivity index (χ0v) is 63.5. The molecular weight excluding hydrogens is 1140 g/mol. The fraction of sp³-hybridized carbons (Fsp3) is 0.931. The van der Waals surface area contributed by atoms with Crippen molar-refractivity contribution in [2.24, 2.45) is 0 Å². The van der Waals surface area contributed by atoms with E-state index in [1.165, 1.54) is 430 Å². The number of allylic oxidation sites excluding steroid dienone is 3. The first-order chi connectivity index (χ1) is 46.0. The summed E-state index contributed by atoms with van der Waals surface area (Å²) in [5.74, 6) is -0.0317. The Kier molecular flexibility index (Phi) is 81.3. The molecule has 3 N–H and O–H groups in total. The van der Waals surface area contributed by atoms with Gasteiger partial charge in [0.15, 0.2) is 0 Å². The van der Waals surface area contributed by atoms with E-state index in [9.17, 15) is 19.8 Å². The molecule has 93 heavy (non-hydrogen) atoms. The number of nitrogens with one attached hydrogen (secondary N) is 1. The van der Waals surface area contributed by atoms with Crippen molar-refractivity contribution in [1.82, 2.24) is 5.32 Å². The first kappa shape index (κ1) is 91.3. The zero-order valence-electron chi connectivity index (χ0n) is 63.5. The molecule has 0 saturated carbocycles. The van der Waals surface area contributed by atoms with Crippen molar-refractivity contribution in [1.29, 1.82) is 0 Å².